The first-order chi connectivity index (χ1) is 16.2. The van der Waals surface area contributed by atoms with E-state index in [1.54, 1.807) is 36.5 Å². The molecule has 4 rings (SSSR count). The molecule has 0 spiro atoms. The molecule has 0 fully saturated rings. The molecule has 34 heavy (non-hydrogen) atoms. The summed E-state index contributed by atoms with van der Waals surface area (Å²) in [5, 5.41) is 3.35. The van der Waals surface area contributed by atoms with E-state index in [2.05, 4.69) is 4.98 Å². The van der Waals surface area contributed by atoms with Gasteiger partial charge in [0.25, 0.3) is 0 Å². The Morgan fingerprint density at radius 2 is 1.94 bits per heavy atom. The maximum Gasteiger partial charge on any atom is 0.471 e. The molecule has 0 saturated carbocycles. The summed E-state index contributed by atoms with van der Waals surface area (Å²) in [4.78, 5) is 29.3. The van der Waals surface area contributed by atoms with Crippen molar-refractivity contribution in [2.45, 2.75) is 38.9 Å². The number of nitrogens with zero attached hydrogens (tertiary/aromatic N) is 1. The van der Waals surface area contributed by atoms with Crippen LogP contribution < -0.4 is 14.8 Å². The number of carbonyl (C=O) groups excluding carboxylic acids is 2. The molecule has 9 heteroatoms. The Hall–Kier alpha value is -3.62. The summed E-state index contributed by atoms with van der Waals surface area (Å²) in [6.07, 6.45) is -2.24. The first-order valence-corrected chi connectivity index (χ1v) is 10.9. The van der Waals surface area contributed by atoms with Gasteiger partial charge >= 0.3 is 12.1 Å². The van der Waals surface area contributed by atoms with Crippen molar-refractivity contribution in [2.24, 2.45) is 0 Å². The standard InChI is InChI=1S/C25H23F3N2O4/c1-3-33-23-19-7-4-6-17(16(19)11-12-29-23)21(31)20-10-9-15(18-8-5-13-34-22(18)20)14(2)30-24(32)25(26,27)28/h4,6-7,9-12,14H,3,5,8,13H2,1-2H3,(H,30,32)/t14-/m1/s1. The third-order valence-corrected chi connectivity index (χ3v) is 5.73. The zero-order chi connectivity index (χ0) is 24.5. The van der Waals surface area contributed by atoms with Crippen molar-refractivity contribution in [2.75, 3.05) is 13.2 Å². The van der Waals surface area contributed by atoms with Crippen molar-refractivity contribution in [3.63, 3.8) is 0 Å². The highest BCUT2D eigenvalue weighted by atomic mass is 19.4. The second-order valence-corrected chi connectivity index (χ2v) is 7.93. The fraction of sp³-hybridized carbons (Fsp3) is 0.320. The molecule has 3 aromatic rings. The molecule has 2 aromatic carbocycles. The van der Waals surface area contributed by atoms with Gasteiger partial charge < -0.3 is 14.8 Å². The molecule has 1 aromatic heterocycles. The Morgan fingerprint density at radius 3 is 2.68 bits per heavy atom. The monoisotopic (exact) mass is 472 g/mol. The zero-order valence-corrected chi connectivity index (χ0v) is 18.7. The molecule has 1 amide bonds. The lowest BCUT2D eigenvalue weighted by atomic mass is 9.89. The molecule has 0 saturated heterocycles. The summed E-state index contributed by atoms with van der Waals surface area (Å²) in [7, 11) is 0. The van der Waals surface area contributed by atoms with E-state index in [0.717, 1.165) is 0 Å². The summed E-state index contributed by atoms with van der Waals surface area (Å²) < 4.78 is 49.6. The van der Waals surface area contributed by atoms with Gasteiger partial charge in [0, 0.05) is 22.7 Å². The van der Waals surface area contributed by atoms with Gasteiger partial charge in [0.05, 0.1) is 24.8 Å². The van der Waals surface area contributed by atoms with Crippen LogP contribution in [0.3, 0.4) is 0 Å². The fourth-order valence-corrected chi connectivity index (χ4v) is 4.20. The third-order valence-electron chi connectivity index (χ3n) is 5.73. The number of alkyl halides is 3. The summed E-state index contributed by atoms with van der Waals surface area (Å²) in [6, 6.07) is 9.23. The smallest absolute Gasteiger partial charge is 0.471 e. The lowest BCUT2D eigenvalue weighted by Gasteiger charge is -2.26. The van der Waals surface area contributed by atoms with Gasteiger partial charge in [0.15, 0.2) is 5.78 Å². The molecule has 1 atom stereocenters. The first kappa shape index (κ1) is 23.5. The molecule has 1 aliphatic rings. The van der Waals surface area contributed by atoms with Crippen LogP contribution in [0.25, 0.3) is 10.8 Å². The number of carbonyl (C=O) groups is 2. The van der Waals surface area contributed by atoms with Gasteiger partial charge in [0.2, 0.25) is 5.88 Å². The minimum absolute atomic E-state index is 0.282. The largest absolute Gasteiger partial charge is 0.493 e. The molecule has 0 unspecified atom stereocenters. The van der Waals surface area contributed by atoms with Crippen molar-refractivity contribution in [3.8, 4) is 11.6 Å². The van der Waals surface area contributed by atoms with E-state index in [1.165, 1.54) is 6.92 Å². The number of nitrogens with one attached hydrogen (secondary N) is 1. The van der Waals surface area contributed by atoms with Gasteiger partial charge in [-0.2, -0.15) is 13.2 Å². The topological polar surface area (TPSA) is 77.5 Å². The van der Waals surface area contributed by atoms with Crippen LogP contribution in [0.1, 0.15) is 53.4 Å². The Balaban J connectivity index is 1.76. The molecule has 0 radical (unpaired) electrons. The lowest BCUT2D eigenvalue weighted by Crippen LogP contribution is -2.38. The molecule has 0 bridgehead atoms. The van der Waals surface area contributed by atoms with Crippen molar-refractivity contribution >= 4 is 22.5 Å². The fourth-order valence-electron chi connectivity index (χ4n) is 4.20. The van der Waals surface area contributed by atoms with E-state index in [0.29, 0.717) is 70.7 Å². The highest BCUT2D eigenvalue weighted by Crippen LogP contribution is 2.37. The van der Waals surface area contributed by atoms with Gasteiger partial charge in [-0.05, 0) is 55.8 Å². The number of aromatic nitrogens is 1. The van der Waals surface area contributed by atoms with E-state index >= 15 is 0 Å². The normalized spacial score (nSPS) is 14.1. The van der Waals surface area contributed by atoms with E-state index in [9.17, 15) is 22.8 Å². The molecule has 6 nitrogen and oxygen atoms in total. The van der Waals surface area contributed by atoms with Gasteiger partial charge in [-0.15, -0.1) is 0 Å². The number of ketones is 1. The second-order valence-electron chi connectivity index (χ2n) is 7.93. The molecule has 2 heterocycles. The molecular formula is C25H23F3N2O4. The van der Waals surface area contributed by atoms with E-state index in [-0.39, 0.29) is 5.78 Å². The summed E-state index contributed by atoms with van der Waals surface area (Å²) >= 11 is 0. The highest BCUT2D eigenvalue weighted by molar-refractivity contribution is 6.18. The van der Waals surface area contributed by atoms with Crippen LogP contribution in [0.5, 0.6) is 11.6 Å². The van der Waals surface area contributed by atoms with Gasteiger partial charge in [-0.3, -0.25) is 9.59 Å². The summed E-state index contributed by atoms with van der Waals surface area (Å²) in [5.74, 6) is -1.52. The van der Waals surface area contributed by atoms with Crippen molar-refractivity contribution in [1.29, 1.82) is 0 Å². The van der Waals surface area contributed by atoms with Crippen molar-refractivity contribution in [3.05, 3.63) is 64.8 Å². The quantitative estimate of drug-likeness (QED) is 0.515. The van der Waals surface area contributed by atoms with Gasteiger partial charge in [-0.25, -0.2) is 4.98 Å². The SMILES string of the molecule is CCOc1nccc2c(C(=O)c3ccc([C@@H](C)NC(=O)C(F)(F)F)c4c3OCCC4)cccc12. The maximum absolute atomic E-state index is 13.6. The molecule has 0 aliphatic carbocycles. The van der Waals surface area contributed by atoms with Crippen LogP contribution in [0, 0.1) is 0 Å². The number of pyridine rings is 1. The second kappa shape index (κ2) is 9.32. The predicted octanol–water partition coefficient (Wildman–Crippen LogP) is 4.93. The summed E-state index contributed by atoms with van der Waals surface area (Å²) in [6.45, 7) is 4.13. The van der Waals surface area contributed by atoms with Crippen LogP contribution in [0.4, 0.5) is 13.2 Å². The highest BCUT2D eigenvalue weighted by Gasteiger charge is 2.39. The van der Waals surface area contributed by atoms with E-state index in [1.807, 2.05) is 18.3 Å². The van der Waals surface area contributed by atoms with Crippen LogP contribution >= 0.6 is 0 Å². The number of hydrogen-bond acceptors (Lipinski definition) is 5. The van der Waals surface area contributed by atoms with Crippen LogP contribution in [-0.2, 0) is 11.2 Å². The first-order valence-electron chi connectivity index (χ1n) is 10.9. The van der Waals surface area contributed by atoms with Gasteiger partial charge in [0.1, 0.15) is 5.75 Å². The Bertz CT molecular complexity index is 1260. The molecule has 178 valence electrons. The number of hydrogen-bond donors (Lipinski definition) is 1. The number of halogens is 3. The minimum atomic E-state index is -4.98. The predicted molar refractivity (Wildman–Crippen MR) is 119 cm³/mol. The number of amides is 1. The number of ether oxygens (including phenoxy) is 2. The average molecular weight is 472 g/mol. The van der Waals surface area contributed by atoms with Crippen molar-refractivity contribution < 1.29 is 32.2 Å². The van der Waals surface area contributed by atoms with Gasteiger partial charge in [-0.1, -0.05) is 18.2 Å². The average Bonchev–Trinajstić information content (AvgIpc) is 2.82. The number of fused-ring (bicyclic) bond motifs is 2. The van der Waals surface area contributed by atoms with E-state index < -0.39 is 18.1 Å². The Kier molecular flexibility index (Phi) is 6.45. The zero-order valence-electron chi connectivity index (χ0n) is 18.7. The lowest BCUT2D eigenvalue weighted by molar-refractivity contribution is -0.174. The third kappa shape index (κ3) is 4.42. The van der Waals surface area contributed by atoms with Crippen LogP contribution in [0.15, 0.2) is 42.6 Å². The van der Waals surface area contributed by atoms with Crippen LogP contribution in [0.2, 0.25) is 0 Å². The minimum Gasteiger partial charge on any atom is -0.493 e. The molecule has 1 N–H and O–H groups in total. The molecular weight excluding hydrogens is 449 g/mol. The Morgan fingerprint density at radius 1 is 1.15 bits per heavy atom. The number of benzene rings is 2. The maximum atomic E-state index is 13.6. The number of rotatable bonds is 6. The molecule has 1 aliphatic heterocycles. The Labute approximate surface area is 194 Å². The van der Waals surface area contributed by atoms with E-state index in [4.69, 9.17) is 9.47 Å². The van der Waals surface area contributed by atoms with Crippen LogP contribution in [-0.4, -0.2) is 36.1 Å². The summed E-state index contributed by atoms with van der Waals surface area (Å²) in [5.41, 5.74) is 1.87. The van der Waals surface area contributed by atoms with Crippen molar-refractivity contribution in [1.82, 2.24) is 10.3 Å².